The van der Waals surface area contributed by atoms with E-state index in [1.807, 2.05) is 4.72 Å². The standard InChI is InChI=1S/C27H30N8O9S/c1-43-26(40)14-6-8-17(9-7-14)45(41,42)33-24(39)15-10-29-35(11-15)27-31-22(30-16-4-2-3-5-16)19-23(32-27)34(13-28-19)25-21(38)20(37)18(12-36)44-25/h6-11,13,16,18,20-21,25,36-38H,2-5,12H2,1H3,(H,33,39)(H,30,31,32)/t18-,20-,21-,25-/m1/s1. The molecule has 0 spiro atoms. The number of carbonyl (C=O) groups excluding carboxylic acids is 2. The molecule has 1 aliphatic carbocycles. The van der Waals surface area contributed by atoms with E-state index in [1.165, 1.54) is 53.1 Å². The molecule has 0 radical (unpaired) electrons. The summed E-state index contributed by atoms with van der Waals surface area (Å²) >= 11 is 0. The first kappa shape index (κ1) is 30.5. The molecule has 1 aromatic carbocycles. The molecule has 18 heteroatoms. The molecule has 1 aliphatic heterocycles. The molecule has 6 rings (SSSR count). The van der Waals surface area contributed by atoms with E-state index in [1.54, 1.807) is 0 Å². The van der Waals surface area contributed by atoms with E-state index in [9.17, 15) is 33.3 Å². The van der Waals surface area contributed by atoms with Crippen molar-refractivity contribution < 1.29 is 42.8 Å². The second kappa shape index (κ2) is 12.1. The average Bonchev–Trinajstić information content (AvgIpc) is 3.85. The van der Waals surface area contributed by atoms with E-state index in [2.05, 4.69) is 30.1 Å². The fourth-order valence-electron chi connectivity index (χ4n) is 5.35. The second-order valence-corrected chi connectivity index (χ2v) is 12.4. The van der Waals surface area contributed by atoms with Crippen molar-refractivity contribution in [3.05, 3.63) is 54.1 Å². The molecule has 2 fully saturated rings. The number of hydrogen-bond donors (Lipinski definition) is 5. The number of amides is 1. The Kier molecular flexibility index (Phi) is 8.23. The monoisotopic (exact) mass is 642 g/mol. The smallest absolute Gasteiger partial charge is 0.337 e. The first-order valence-corrected chi connectivity index (χ1v) is 15.5. The molecule has 17 nitrogen and oxygen atoms in total. The van der Waals surface area contributed by atoms with Gasteiger partial charge in [0.15, 0.2) is 23.2 Å². The van der Waals surface area contributed by atoms with Crippen molar-refractivity contribution >= 4 is 38.9 Å². The van der Waals surface area contributed by atoms with Crippen molar-refractivity contribution in [2.75, 3.05) is 19.0 Å². The van der Waals surface area contributed by atoms with Gasteiger partial charge in [0, 0.05) is 12.2 Å². The lowest BCUT2D eigenvalue weighted by Gasteiger charge is -2.18. The van der Waals surface area contributed by atoms with Gasteiger partial charge in [-0.05, 0) is 37.1 Å². The van der Waals surface area contributed by atoms with Crippen LogP contribution in [-0.2, 0) is 19.5 Å². The van der Waals surface area contributed by atoms with Crippen LogP contribution in [0.15, 0.2) is 47.9 Å². The van der Waals surface area contributed by atoms with Crippen LogP contribution < -0.4 is 10.0 Å². The van der Waals surface area contributed by atoms with Gasteiger partial charge in [0.05, 0.1) is 42.3 Å². The van der Waals surface area contributed by atoms with Crippen LogP contribution in [0.25, 0.3) is 17.1 Å². The summed E-state index contributed by atoms with van der Waals surface area (Å²) in [6.45, 7) is -0.511. The molecule has 238 valence electrons. The summed E-state index contributed by atoms with van der Waals surface area (Å²) in [6, 6.07) is 4.99. The Bertz CT molecular complexity index is 1840. The Hall–Kier alpha value is -4.49. The number of sulfonamides is 1. The zero-order chi connectivity index (χ0) is 31.9. The van der Waals surface area contributed by atoms with Crippen LogP contribution in [0.5, 0.6) is 0 Å². The maximum Gasteiger partial charge on any atom is 0.337 e. The Morgan fingerprint density at radius 2 is 1.82 bits per heavy atom. The average molecular weight is 643 g/mol. The maximum atomic E-state index is 12.9. The summed E-state index contributed by atoms with van der Waals surface area (Å²) in [4.78, 5) is 37.9. The summed E-state index contributed by atoms with van der Waals surface area (Å²) < 4.78 is 40.6. The number of aliphatic hydroxyl groups is 3. The topological polar surface area (TPSA) is 233 Å². The van der Waals surface area contributed by atoms with Crippen LogP contribution >= 0.6 is 0 Å². The number of esters is 1. The van der Waals surface area contributed by atoms with E-state index in [0.29, 0.717) is 11.3 Å². The first-order chi connectivity index (χ1) is 21.6. The van der Waals surface area contributed by atoms with E-state index >= 15 is 0 Å². The summed E-state index contributed by atoms with van der Waals surface area (Å²) in [6.07, 6.45) is 2.84. The van der Waals surface area contributed by atoms with Crippen LogP contribution in [-0.4, -0.2) is 103 Å². The number of methoxy groups -OCH3 is 1. The molecule has 4 heterocycles. The van der Waals surface area contributed by atoms with Crippen molar-refractivity contribution in [2.45, 2.75) is 61.2 Å². The number of benzene rings is 1. The molecule has 1 saturated carbocycles. The van der Waals surface area contributed by atoms with Gasteiger partial charge in [-0.3, -0.25) is 9.36 Å². The Labute approximate surface area is 255 Å². The van der Waals surface area contributed by atoms with E-state index in [0.717, 1.165) is 31.9 Å². The highest BCUT2D eigenvalue weighted by Crippen LogP contribution is 2.33. The molecule has 0 unspecified atom stereocenters. The van der Waals surface area contributed by atoms with Crippen LogP contribution in [0.4, 0.5) is 5.82 Å². The van der Waals surface area contributed by atoms with Gasteiger partial charge in [-0.15, -0.1) is 0 Å². The molecular formula is C27H30N8O9S. The Morgan fingerprint density at radius 1 is 1.09 bits per heavy atom. The summed E-state index contributed by atoms with van der Waals surface area (Å²) in [5.74, 6) is -1.25. The van der Waals surface area contributed by atoms with Crippen LogP contribution in [0.2, 0.25) is 0 Å². The SMILES string of the molecule is COC(=O)c1ccc(S(=O)(=O)NC(=O)c2cnn(-c3nc(NC4CCCC4)c4ncn([C@@H]5O[C@H](CO)[C@@H](O)[C@H]5O)c4n3)c2)cc1. The second-order valence-electron chi connectivity index (χ2n) is 10.7. The zero-order valence-corrected chi connectivity index (χ0v) is 24.7. The third kappa shape index (κ3) is 5.85. The highest BCUT2D eigenvalue weighted by atomic mass is 32.2. The quantitative estimate of drug-likeness (QED) is 0.150. The van der Waals surface area contributed by atoms with Crippen molar-refractivity contribution in [1.29, 1.82) is 0 Å². The molecule has 3 aromatic heterocycles. The van der Waals surface area contributed by atoms with E-state index < -0.39 is 53.0 Å². The number of hydrogen-bond acceptors (Lipinski definition) is 14. The number of anilines is 1. The molecule has 2 aliphatic rings. The summed E-state index contributed by atoms with van der Waals surface area (Å²) in [5, 5.41) is 38.0. The predicted octanol–water partition coefficient (Wildman–Crippen LogP) is -0.117. The van der Waals surface area contributed by atoms with Gasteiger partial charge in [-0.25, -0.2) is 27.6 Å². The van der Waals surface area contributed by atoms with Crippen molar-refractivity contribution in [3.63, 3.8) is 0 Å². The van der Waals surface area contributed by atoms with Crippen LogP contribution in [0.3, 0.4) is 0 Å². The summed E-state index contributed by atoms with van der Waals surface area (Å²) in [5.41, 5.74) is 0.603. The highest BCUT2D eigenvalue weighted by Gasteiger charge is 2.44. The van der Waals surface area contributed by atoms with Gasteiger partial charge in [-0.2, -0.15) is 15.1 Å². The van der Waals surface area contributed by atoms with Gasteiger partial charge in [0.25, 0.3) is 21.9 Å². The molecule has 4 aromatic rings. The lowest BCUT2D eigenvalue weighted by atomic mass is 10.1. The van der Waals surface area contributed by atoms with E-state index in [4.69, 9.17) is 4.74 Å². The number of imidazole rings is 1. The third-order valence-corrected chi connectivity index (χ3v) is 9.11. The zero-order valence-electron chi connectivity index (χ0n) is 23.8. The number of nitrogens with one attached hydrogen (secondary N) is 2. The molecule has 45 heavy (non-hydrogen) atoms. The van der Waals surface area contributed by atoms with Crippen molar-refractivity contribution in [2.24, 2.45) is 0 Å². The minimum absolute atomic E-state index is 0.00297. The maximum absolute atomic E-state index is 12.9. The minimum atomic E-state index is -4.30. The van der Waals surface area contributed by atoms with E-state index in [-0.39, 0.29) is 33.7 Å². The summed E-state index contributed by atoms with van der Waals surface area (Å²) in [7, 11) is -3.10. The predicted molar refractivity (Wildman–Crippen MR) is 154 cm³/mol. The number of ether oxygens (including phenoxy) is 2. The van der Waals surface area contributed by atoms with Crippen molar-refractivity contribution in [3.8, 4) is 5.95 Å². The number of aromatic nitrogens is 6. The molecule has 0 bridgehead atoms. The number of rotatable bonds is 9. The van der Waals surface area contributed by atoms with Gasteiger partial charge in [-0.1, -0.05) is 12.8 Å². The Morgan fingerprint density at radius 3 is 2.49 bits per heavy atom. The molecule has 1 amide bonds. The fraction of sp³-hybridized carbons (Fsp3) is 0.407. The molecule has 5 N–H and O–H groups in total. The van der Waals surface area contributed by atoms with Crippen molar-refractivity contribution in [1.82, 2.24) is 34.0 Å². The minimum Gasteiger partial charge on any atom is -0.465 e. The molecule has 4 atom stereocenters. The number of fused-ring (bicyclic) bond motifs is 1. The van der Waals surface area contributed by atoms with Crippen LogP contribution in [0.1, 0.15) is 52.6 Å². The number of carbonyl (C=O) groups is 2. The Balaban J connectivity index is 1.30. The van der Waals surface area contributed by atoms with Gasteiger partial charge in [0.1, 0.15) is 18.3 Å². The number of nitrogens with zero attached hydrogens (tertiary/aromatic N) is 6. The highest BCUT2D eigenvalue weighted by molar-refractivity contribution is 7.90. The lowest BCUT2D eigenvalue weighted by molar-refractivity contribution is -0.0511. The van der Waals surface area contributed by atoms with Gasteiger partial charge >= 0.3 is 5.97 Å². The third-order valence-electron chi connectivity index (χ3n) is 7.76. The lowest BCUT2D eigenvalue weighted by Crippen LogP contribution is -2.33. The fourth-order valence-corrected chi connectivity index (χ4v) is 6.32. The normalized spacial score (nSPS) is 22.1. The first-order valence-electron chi connectivity index (χ1n) is 14.0. The van der Waals surface area contributed by atoms with Crippen LogP contribution in [0, 0.1) is 0 Å². The molecule has 1 saturated heterocycles. The molecular weight excluding hydrogens is 612 g/mol. The largest absolute Gasteiger partial charge is 0.465 e. The van der Waals surface area contributed by atoms with Gasteiger partial charge in [0.2, 0.25) is 0 Å². The number of aliphatic hydroxyl groups excluding tert-OH is 3. The van der Waals surface area contributed by atoms with Gasteiger partial charge < -0.3 is 30.1 Å².